The monoisotopic (exact) mass is 715 g/mol. The fourth-order valence-electron chi connectivity index (χ4n) is 6.57. The van der Waals surface area contributed by atoms with Crippen molar-refractivity contribution >= 4 is 47.2 Å². The summed E-state index contributed by atoms with van der Waals surface area (Å²) in [5.41, 5.74) is 5.83. The van der Waals surface area contributed by atoms with Gasteiger partial charge in [0, 0.05) is 52.6 Å². The lowest BCUT2D eigenvalue weighted by Gasteiger charge is -2.42. The number of hydrazone groups is 1. The number of methoxy groups -OCH3 is 1. The van der Waals surface area contributed by atoms with Crippen LogP contribution in [0.25, 0.3) is 0 Å². The third-order valence-electron chi connectivity index (χ3n) is 9.25. The molecule has 1 fully saturated rings. The predicted molar refractivity (Wildman–Crippen MR) is 179 cm³/mol. The van der Waals surface area contributed by atoms with Crippen LogP contribution in [0, 0.1) is 0 Å². The summed E-state index contributed by atoms with van der Waals surface area (Å²) in [6, 6.07) is 9.80. The Morgan fingerprint density at radius 2 is 1.76 bits per heavy atom. The van der Waals surface area contributed by atoms with Gasteiger partial charge in [-0.05, 0) is 44.2 Å². The van der Waals surface area contributed by atoms with E-state index in [1.54, 1.807) is 6.92 Å². The number of benzene rings is 3. The summed E-state index contributed by atoms with van der Waals surface area (Å²) in [6.07, 6.45) is -4.60. The SMILES string of the molecule is COc1cccc2c1C(=O)c1c(O)c3c(c(O)c1C2=O)C[C@@](O)(/C(C)=N/NC(=O)c1ccc(Cl)cc1)C[C@@H]3OC1CC(N)C(O)C(C)O1.Cl. The molecule has 0 aromatic heterocycles. The number of nitrogens with zero attached hydrogens (tertiary/aromatic N) is 1. The maximum Gasteiger partial charge on any atom is 0.271 e. The van der Waals surface area contributed by atoms with Crippen LogP contribution >= 0.6 is 24.0 Å². The number of aliphatic hydroxyl groups excluding tert-OH is 1. The maximum atomic E-state index is 13.9. The van der Waals surface area contributed by atoms with Gasteiger partial charge in [0.1, 0.15) is 22.8 Å². The van der Waals surface area contributed by atoms with Gasteiger partial charge in [-0.3, -0.25) is 14.4 Å². The molecule has 7 N–H and O–H groups in total. The molecule has 0 spiro atoms. The lowest BCUT2D eigenvalue weighted by Crippen LogP contribution is -2.52. The Morgan fingerprint density at radius 1 is 1.08 bits per heavy atom. The van der Waals surface area contributed by atoms with Crippen molar-refractivity contribution < 1.29 is 49.0 Å². The van der Waals surface area contributed by atoms with E-state index in [0.717, 1.165) is 0 Å². The third kappa shape index (κ3) is 6.27. The minimum atomic E-state index is -1.91. The zero-order valence-electron chi connectivity index (χ0n) is 26.6. The van der Waals surface area contributed by atoms with E-state index < -0.39 is 76.3 Å². The average Bonchev–Trinajstić information content (AvgIpc) is 3.06. The van der Waals surface area contributed by atoms with Crippen LogP contribution in [0.5, 0.6) is 17.2 Å². The molecule has 6 atom stereocenters. The van der Waals surface area contributed by atoms with Crippen molar-refractivity contribution in [2.24, 2.45) is 10.8 Å². The van der Waals surface area contributed by atoms with Crippen molar-refractivity contribution in [2.45, 2.75) is 69.4 Å². The van der Waals surface area contributed by atoms with E-state index in [-0.39, 0.29) is 70.9 Å². The second kappa shape index (κ2) is 13.7. The number of halogens is 2. The van der Waals surface area contributed by atoms with Crippen LogP contribution in [0.15, 0.2) is 47.6 Å². The van der Waals surface area contributed by atoms with E-state index in [9.17, 15) is 34.8 Å². The zero-order valence-corrected chi connectivity index (χ0v) is 28.2. The molecule has 0 bridgehead atoms. The van der Waals surface area contributed by atoms with Crippen LogP contribution in [-0.4, -0.2) is 80.9 Å². The van der Waals surface area contributed by atoms with E-state index in [1.165, 1.54) is 56.5 Å². The number of phenols is 2. The minimum Gasteiger partial charge on any atom is -0.507 e. The fourth-order valence-corrected chi connectivity index (χ4v) is 6.70. The van der Waals surface area contributed by atoms with Gasteiger partial charge < -0.3 is 40.4 Å². The Morgan fingerprint density at radius 3 is 2.41 bits per heavy atom. The van der Waals surface area contributed by atoms with Gasteiger partial charge in [0.15, 0.2) is 12.1 Å². The molecule has 0 saturated carbocycles. The first-order valence-electron chi connectivity index (χ1n) is 15.2. The summed E-state index contributed by atoms with van der Waals surface area (Å²) < 4.78 is 17.5. The van der Waals surface area contributed by atoms with Crippen molar-refractivity contribution in [2.75, 3.05) is 7.11 Å². The molecular weight excluding hydrogens is 681 g/mol. The zero-order chi connectivity index (χ0) is 34.7. The molecule has 3 aliphatic rings. The number of nitrogens with two attached hydrogens (primary N) is 1. The van der Waals surface area contributed by atoms with E-state index in [2.05, 4.69) is 10.5 Å². The number of aliphatic hydroxyl groups is 2. The van der Waals surface area contributed by atoms with Crippen molar-refractivity contribution in [1.82, 2.24) is 5.43 Å². The highest BCUT2D eigenvalue weighted by Crippen LogP contribution is 2.52. The van der Waals surface area contributed by atoms with Gasteiger partial charge in [-0.1, -0.05) is 23.7 Å². The number of phenolic OH excluding ortho intramolecular Hbond substituents is 2. The van der Waals surface area contributed by atoms with Crippen molar-refractivity contribution in [3.8, 4) is 17.2 Å². The number of nitrogens with one attached hydrogen (secondary N) is 1. The number of hydrogen-bond acceptors (Lipinski definition) is 12. The van der Waals surface area contributed by atoms with Gasteiger partial charge in [-0.15, -0.1) is 12.4 Å². The first kappa shape index (κ1) is 36.2. The molecule has 3 aromatic rings. The Labute approximate surface area is 292 Å². The van der Waals surface area contributed by atoms with Gasteiger partial charge in [0.2, 0.25) is 5.78 Å². The van der Waals surface area contributed by atoms with Crippen LogP contribution in [-0.2, 0) is 15.9 Å². The quantitative estimate of drug-likeness (QED) is 0.0969. The molecule has 4 unspecified atom stereocenters. The highest BCUT2D eigenvalue weighted by molar-refractivity contribution is 6.31. The third-order valence-corrected chi connectivity index (χ3v) is 9.50. The van der Waals surface area contributed by atoms with Gasteiger partial charge in [-0.25, -0.2) is 5.43 Å². The first-order chi connectivity index (χ1) is 22.7. The second-order valence-corrected chi connectivity index (χ2v) is 12.7. The van der Waals surface area contributed by atoms with E-state index in [1.807, 2.05) is 0 Å². The van der Waals surface area contributed by atoms with Gasteiger partial charge >= 0.3 is 0 Å². The van der Waals surface area contributed by atoms with Crippen molar-refractivity contribution in [3.63, 3.8) is 0 Å². The van der Waals surface area contributed by atoms with Gasteiger partial charge in [0.05, 0.1) is 47.8 Å². The Hall–Kier alpha value is -4.08. The summed E-state index contributed by atoms with van der Waals surface area (Å²) in [5, 5.41) is 50.4. The number of rotatable bonds is 6. The summed E-state index contributed by atoms with van der Waals surface area (Å²) >= 11 is 5.92. The molecule has 260 valence electrons. The summed E-state index contributed by atoms with van der Waals surface area (Å²) in [7, 11) is 1.34. The Kier molecular flexibility index (Phi) is 10.1. The van der Waals surface area contributed by atoms with Crippen LogP contribution in [0.3, 0.4) is 0 Å². The lowest BCUT2D eigenvalue weighted by atomic mass is 9.71. The number of amides is 1. The van der Waals surface area contributed by atoms with Crippen LogP contribution < -0.4 is 15.9 Å². The first-order valence-corrected chi connectivity index (χ1v) is 15.6. The number of fused-ring (bicyclic) bond motifs is 3. The fraction of sp³-hybridized carbons (Fsp3) is 0.353. The van der Waals surface area contributed by atoms with E-state index in [0.29, 0.717) is 5.02 Å². The summed E-state index contributed by atoms with van der Waals surface area (Å²) in [5.74, 6) is -3.19. The van der Waals surface area contributed by atoms with E-state index in [4.69, 9.17) is 31.5 Å². The largest absolute Gasteiger partial charge is 0.507 e. The van der Waals surface area contributed by atoms with Crippen molar-refractivity contribution in [1.29, 1.82) is 0 Å². The standard InChI is InChI=1S/C34H34ClN3O10.ClH/c1-14-28(39)20(36)11-23(47-14)48-22-13-34(45,15(2)37-38-33(44)16-7-9-17(35)10-8-16)12-19-25(22)32(43)27-26(30(19)41)29(40)18-5-4-6-21(46-3)24(18)31(27)42;/h4-10,14,20,22-23,28,39,41,43,45H,11-13,36H2,1-3H3,(H,38,44);1H/b37-15+;/t14?,20?,22-,23?,28?,34-;/m0./s1. The van der Waals surface area contributed by atoms with Crippen LogP contribution in [0.1, 0.15) is 86.1 Å². The molecule has 1 amide bonds. The molecule has 49 heavy (non-hydrogen) atoms. The minimum absolute atomic E-state index is 0. The second-order valence-electron chi connectivity index (χ2n) is 12.2. The molecule has 3 aromatic carbocycles. The highest BCUT2D eigenvalue weighted by Gasteiger charge is 2.49. The van der Waals surface area contributed by atoms with Crippen molar-refractivity contribution in [3.05, 3.63) is 86.4 Å². The molecular formula is C34H35Cl2N3O10. The molecule has 1 saturated heterocycles. The topological polar surface area (TPSA) is 210 Å². The predicted octanol–water partition coefficient (Wildman–Crippen LogP) is 3.32. The van der Waals surface area contributed by atoms with Crippen LogP contribution in [0.4, 0.5) is 0 Å². The number of hydrogen-bond donors (Lipinski definition) is 6. The molecule has 6 rings (SSSR count). The molecule has 0 radical (unpaired) electrons. The number of carbonyl (C=O) groups is 3. The number of carbonyl (C=O) groups excluding carboxylic acids is 3. The van der Waals surface area contributed by atoms with E-state index >= 15 is 0 Å². The Bertz CT molecular complexity index is 1860. The summed E-state index contributed by atoms with van der Waals surface area (Å²) in [6.45, 7) is 3.07. The Balaban J connectivity index is 0.00000468. The summed E-state index contributed by atoms with van der Waals surface area (Å²) in [4.78, 5) is 40.5. The van der Waals surface area contributed by atoms with Gasteiger partial charge in [-0.2, -0.15) is 5.10 Å². The number of ether oxygens (including phenoxy) is 3. The maximum absolute atomic E-state index is 13.9. The number of aromatic hydroxyl groups is 2. The lowest BCUT2D eigenvalue weighted by molar-refractivity contribution is -0.245. The molecule has 1 heterocycles. The average molecular weight is 717 g/mol. The molecule has 15 heteroatoms. The molecule has 13 nitrogen and oxygen atoms in total. The molecule has 1 aliphatic heterocycles. The normalized spacial score (nSPS) is 26.2. The number of ketones is 2. The van der Waals surface area contributed by atoms with Gasteiger partial charge in [0.25, 0.3) is 5.91 Å². The van der Waals surface area contributed by atoms with Crippen LogP contribution in [0.2, 0.25) is 5.02 Å². The highest BCUT2D eigenvalue weighted by atomic mass is 35.5. The smallest absolute Gasteiger partial charge is 0.271 e. The molecule has 2 aliphatic carbocycles.